The molecule has 3 aromatic carbocycles. The predicted octanol–water partition coefficient (Wildman–Crippen LogP) is 3.67. The number of piperazine rings is 1. The van der Waals surface area contributed by atoms with E-state index in [1.807, 2.05) is 41.3 Å². The number of aromatic nitrogens is 2. The van der Waals surface area contributed by atoms with Gasteiger partial charge in [-0.1, -0.05) is 30.3 Å². The van der Waals surface area contributed by atoms with Gasteiger partial charge in [-0.15, -0.1) is 0 Å². The Morgan fingerprint density at radius 2 is 1.73 bits per heavy atom. The molecule has 186 valence electrons. The number of benzene rings is 3. The van der Waals surface area contributed by atoms with Gasteiger partial charge in [-0.3, -0.25) is 9.59 Å². The van der Waals surface area contributed by atoms with Crippen molar-refractivity contribution in [1.82, 2.24) is 14.9 Å². The number of furan rings is 1. The first-order valence-corrected chi connectivity index (χ1v) is 12.1. The van der Waals surface area contributed by atoms with Crippen LogP contribution >= 0.6 is 0 Å². The molecular weight excluding hydrogens is 470 g/mol. The number of primary amides is 1. The van der Waals surface area contributed by atoms with Gasteiger partial charge in [0.1, 0.15) is 0 Å². The summed E-state index contributed by atoms with van der Waals surface area (Å²) < 4.78 is 5.80. The van der Waals surface area contributed by atoms with Gasteiger partial charge in [-0.2, -0.15) is 0 Å². The van der Waals surface area contributed by atoms with Crippen molar-refractivity contribution in [2.24, 2.45) is 5.73 Å². The van der Waals surface area contributed by atoms with E-state index < -0.39 is 5.91 Å². The third-order valence-corrected chi connectivity index (χ3v) is 6.83. The van der Waals surface area contributed by atoms with E-state index in [0.717, 1.165) is 22.5 Å². The number of rotatable bonds is 5. The molecule has 0 aliphatic carbocycles. The lowest BCUT2D eigenvalue weighted by Gasteiger charge is -2.34. The second kappa shape index (κ2) is 9.02. The van der Waals surface area contributed by atoms with Crippen molar-refractivity contribution in [3.63, 3.8) is 0 Å². The molecule has 1 aliphatic heterocycles. The predicted molar refractivity (Wildman–Crippen MR) is 140 cm³/mol. The molecule has 37 heavy (non-hydrogen) atoms. The van der Waals surface area contributed by atoms with Crippen LogP contribution in [0, 0.1) is 0 Å². The maximum atomic E-state index is 13.1. The highest BCUT2D eigenvalue weighted by atomic mass is 16.4. The molecule has 9 nitrogen and oxygen atoms in total. The van der Waals surface area contributed by atoms with Crippen molar-refractivity contribution in [3.8, 4) is 5.75 Å². The highest BCUT2D eigenvalue weighted by molar-refractivity contribution is 6.05. The van der Waals surface area contributed by atoms with Crippen LogP contribution in [0.3, 0.4) is 0 Å². The number of para-hydroxylation sites is 3. The standard InChI is InChI=1S/C28H25N5O4/c29-26(35)20-5-3-4-19-24(34)23(37-25(19)20)16-17-8-10-18(11-9-17)27(36)32-12-14-33(15-13-32)28-30-21-6-1-2-7-22(21)31-28/h1-11,34H,12-16H2,(H2,29,35)(H,30,31). The normalized spacial score (nSPS) is 13.9. The van der Waals surface area contributed by atoms with Crippen LogP contribution < -0.4 is 10.6 Å². The topological polar surface area (TPSA) is 129 Å². The molecule has 6 rings (SSSR count). The van der Waals surface area contributed by atoms with Crippen molar-refractivity contribution < 1.29 is 19.1 Å². The van der Waals surface area contributed by atoms with Crippen LogP contribution in [0.25, 0.3) is 22.0 Å². The first-order chi connectivity index (χ1) is 18.0. The van der Waals surface area contributed by atoms with Crippen LogP contribution in [0.1, 0.15) is 32.0 Å². The third-order valence-electron chi connectivity index (χ3n) is 6.83. The smallest absolute Gasteiger partial charge is 0.253 e. The number of aromatic hydroxyl groups is 1. The Labute approximate surface area is 212 Å². The molecule has 9 heteroatoms. The van der Waals surface area contributed by atoms with E-state index >= 15 is 0 Å². The van der Waals surface area contributed by atoms with E-state index in [0.29, 0.717) is 49.3 Å². The largest absolute Gasteiger partial charge is 0.504 e. The zero-order valence-electron chi connectivity index (χ0n) is 20.0. The minimum Gasteiger partial charge on any atom is -0.504 e. The van der Waals surface area contributed by atoms with Crippen molar-refractivity contribution in [2.45, 2.75) is 6.42 Å². The molecule has 0 spiro atoms. The summed E-state index contributed by atoms with van der Waals surface area (Å²) in [6, 6.07) is 20.1. The van der Waals surface area contributed by atoms with E-state index in [4.69, 9.17) is 10.2 Å². The Morgan fingerprint density at radius 1 is 0.973 bits per heavy atom. The number of aromatic amines is 1. The second-order valence-corrected chi connectivity index (χ2v) is 9.15. The highest BCUT2D eigenvalue weighted by Crippen LogP contribution is 2.35. The van der Waals surface area contributed by atoms with Gasteiger partial charge >= 0.3 is 0 Å². The number of amides is 2. The fourth-order valence-corrected chi connectivity index (χ4v) is 4.81. The van der Waals surface area contributed by atoms with E-state index in [2.05, 4.69) is 14.9 Å². The van der Waals surface area contributed by atoms with Crippen molar-refractivity contribution in [1.29, 1.82) is 0 Å². The molecule has 0 saturated carbocycles. The molecule has 3 heterocycles. The van der Waals surface area contributed by atoms with Crippen molar-refractivity contribution in [2.75, 3.05) is 31.1 Å². The summed E-state index contributed by atoms with van der Waals surface area (Å²) in [6.45, 7) is 2.60. The molecule has 1 saturated heterocycles. The van der Waals surface area contributed by atoms with E-state index in [1.54, 1.807) is 30.3 Å². The van der Waals surface area contributed by atoms with Crippen LogP contribution in [0.2, 0.25) is 0 Å². The number of carbonyl (C=O) groups is 2. The minimum atomic E-state index is -0.618. The maximum absolute atomic E-state index is 13.1. The summed E-state index contributed by atoms with van der Waals surface area (Å²) in [4.78, 5) is 36.8. The maximum Gasteiger partial charge on any atom is 0.253 e. The molecule has 1 aliphatic rings. The molecule has 1 fully saturated rings. The van der Waals surface area contributed by atoms with Crippen LogP contribution in [-0.2, 0) is 6.42 Å². The highest BCUT2D eigenvalue weighted by Gasteiger charge is 2.24. The van der Waals surface area contributed by atoms with Gasteiger partial charge in [-0.25, -0.2) is 4.98 Å². The van der Waals surface area contributed by atoms with E-state index in [9.17, 15) is 14.7 Å². The molecule has 2 amide bonds. The lowest BCUT2D eigenvalue weighted by Crippen LogP contribution is -2.49. The summed E-state index contributed by atoms with van der Waals surface area (Å²) in [5.41, 5.74) is 9.32. The van der Waals surface area contributed by atoms with Gasteiger partial charge in [0.25, 0.3) is 11.8 Å². The summed E-state index contributed by atoms with van der Waals surface area (Å²) >= 11 is 0. The molecule has 4 N–H and O–H groups in total. The Balaban J connectivity index is 1.12. The molecule has 5 aromatic rings. The number of H-pyrrole nitrogens is 1. The fraction of sp³-hybridized carbons (Fsp3) is 0.179. The SMILES string of the molecule is NC(=O)c1cccc2c(O)c(Cc3ccc(C(=O)N4CCN(c5nc6ccccc6[nH]5)CC4)cc3)oc12. The number of nitrogens with zero attached hydrogens (tertiary/aromatic N) is 3. The van der Waals surface area contributed by atoms with Gasteiger partial charge in [0.15, 0.2) is 17.1 Å². The lowest BCUT2D eigenvalue weighted by molar-refractivity contribution is 0.0746. The Bertz CT molecular complexity index is 1590. The van der Waals surface area contributed by atoms with Gasteiger partial charge in [0, 0.05) is 38.2 Å². The zero-order chi connectivity index (χ0) is 25.5. The summed E-state index contributed by atoms with van der Waals surface area (Å²) in [5, 5.41) is 11.0. The Kier molecular flexibility index (Phi) is 5.52. The van der Waals surface area contributed by atoms with Gasteiger partial charge in [0.05, 0.1) is 22.0 Å². The fourth-order valence-electron chi connectivity index (χ4n) is 4.81. The monoisotopic (exact) mass is 495 g/mol. The molecular formula is C28H25N5O4. The number of nitrogens with two attached hydrogens (primary N) is 1. The lowest BCUT2D eigenvalue weighted by atomic mass is 10.1. The van der Waals surface area contributed by atoms with Crippen LogP contribution in [0.15, 0.2) is 71.1 Å². The summed E-state index contributed by atoms with van der Waals surface area (Å²) in [5.74, 6) is 0.514. The summed E-state index contributed by atoms with van der Waals surface area (Å²) in [6.07, 6.45) is 0.309. The average Bonchev–Trinajstić information content (AvgIpc) is 3.50. The third kappa shape index (κ3) is 4.14. The average molecular weight is 496 g/mol. The van der Waals surface area contributed by atoms with Crippen molar-refractivity contribution in [3.05, 3.63) is 89.2 Å². The Morgan fingerprint density at radius 3 is 2.46 bits per heavy atom. The number of hydrogen-bond acceptors (Lipinski definition) is 6. The number of anilines is 1. The first-order valence-electron chi connectivity index (χ1n) is 12.1. The van der Waals surface area contributed by atoms with E-state index in [-0.39, 0.29) is 22.8 Å². The zero-order valence-corrected chi connectivity index (χ0v) is 20.0. The molecule has 0 atom stereocenters. The molecule has 0 bridgehead atoms. The number of fused-ring (bicyclic) bond motifs is 2. The first kappa shape index (κ1) is 22.7. The molecule has 0 radical (unpaired) electrons. The minimum absolute atomic E-state index is 0.0134. The van der Waals surface area contributed by atoms with Gasteiger partial charge in [-0.05, 0) is 42.0 Å². The van der Waals surface area contributed by atoms with Crippen LogP contribution in [-0.4, -0.2) is 58.0 Å². The number of nitrogens with one attached hydrogen (secondary N) is 1. The second-order valence-electron chi connectivity index (χ2n) is 9.15. The van der Waals surface area contributed by atoms with Gasteiger partial charge < -0.3 is 30.0 Å². The van der Waals surface area contributed by atoms with Crippen LogP contribution in [0.5, 0.6) is 5.75 Å². The molecule has 2 aromatic heterocycles. The van der Waals surface area contributed by atoms with Crippen molar-refractivity contribution >= 4 is 39.8 Å². The van der Waals surface area contributed by atoms with Crippen LogP contribution in [0.4, 0.5) is 5.95 Å². The number of imidazole rings is 1. The number of hydrogen-bond donors (Lipinski definition) is 3. The molecule has 0 unspecified atom stereocenters. The quantitative estimate of drug-likeness (QED) is 0.341. The Hall–Kier alpha value is -4.79. The van der Waals surface area contributed by atoms with Gasteiger partial charge in [0.2, 0.25) is 5.95 Å². The van der Waals surface area contributed by atoms with E-state index in [1.165, 1.54) is 0 Å². The number of carbonyl (C=O) groups excluding carboxylic acids is 2. The summed E-state index contributed by atoms with van der Waals surface area (Å²) in [7, 11) is 0.